The van der Waals surface area contributed by atoms with Gasteiger partial charge in [0.15, 0.2) is 0 Å². The van der Waals surface area contributed by atoms with E-state index in [0.29, 0.717) is 0 Å². The summed E-state index contributed by atoms with van der Waals surface area (Å²) in [6.45, 7) is 0. The molecule has 0 spiro atoms. The van der Waals surface area contributed by atoms with E-state index in [1.807, 2.05) is 0 Å². The first-order valence-corrected chi connectivity index (χ1v) is 23.2. The Morgan fingerprint density at radius 3 is 0.833 bits per heavy atom. The maximum Gasteiger partial charge on any atom is 0 e. The van der Waals surface area contributed by atoms with Gasteiger partial charge < -0.3 is 0 Å². The number of halogens is 4. The largest absolute Gasteiger partial charge is 0 e. The van der Waals surface area contributed by atoms with Gasteiger partial charge in [-0.1, -0.05) is 0 Å². The average molecular weight is 502 g/mol. The zero-order valence-electron chi connectivity index (χ0n) is 2.51. The van der Waals surface area contributed by atoms with Gasteiger partial charge in [0.05, 0.1) is 0 Å². The van der Waals surface area contributed by atoms with Crippen LogP contribution in [0, 0.1) is 0 Å². The van der Waals surface area contributed by atoms with Gasteiger partial charge in [-0.3, -0.25) is 0 Å². The molecule has 0 aromatic heterocycles. The van der Waals surface area contributed by atoms with E-state index in [-0.39, 0.29) is 26.2 Å². The Bertz CT molecular complexity index is 21.0. The van der Waals surface area contributed by atoms with Crippen LogP contribution in [0.15, 0.2) is 0 Å². The molecule has 0 aliphatic heterocycles. The molecule has 0 atom stereocenters. The van der Waals surface area contributed by atoms with E-state index < -0.39 is 10.9 Å². The zero-order valence-corrected chi connectivity index (χ0v) is 13.8. The van der Waals surface area contributed by atoms with Gasteiger partial charge in [-0.2, -0.15) is 0 Å². The van der Waals surface area contributed by atoms with Crippen LogP contribution in [0.3, 0.4) is 0 Å². The predicted molar refractivity (Wildman–Crippen MR) is 35.7 cm³/mol. The molecule has 0 aliphatic carbocycles. The van der Waals surface area contributed by atoms with Crippen molar-refractivity contribution in [3.63, 3.8) is 0 Å². The molecular weight excluding hydrogens is 502 g/mol. The van der Waals surface area contributed by atoms with Gasteiger partial charge in [-0.25, -0.2) is 0 Å². The smallest absolute Gasteiger partial charge is 0 e. The molecule has 0 amide bonds. The number of rotatable bonds is 0. The molecule has 0 aromatic rings. The third-order valence-electron chi connectivity index (χ3n) is 0. The van der Waals surface area contributed by atoms with Crippen molar-refractivity contribution in [3.8, 4) is 0 Å². The van der Waals surface area contributed by atoms with Gasteiger partial charge >= 0.3 is 59.7 Å². The van der Waals surface area contributed by atoms with Gasteiger partial charge in [0.2, 0.25) is 0 Å². The Labute approximate surface area is 83.5 Å². The van der Waals surface area contributed by atoms with E-state index in [1.54, 1.807) is 0 Å². The summed E-state index contributed by atoms with van der Waals surface area (Å²) >= 11 is 13.3. The third kappa shape index (κ3) is 25.3. The molecule has 36 valence electrons. The second-order valence-corrected chi connectivity index (χ2v) is 68.5. The van der Waals surface area contributed by atoms with Crippen molar-refractivity contribution in [1.82, 2.24) is 0 Å². The van der Waals surface area contributed by atoms with Crippen LogP contribution in [-0.2, 0) is 37.1 Å². The fraction of sp³-hybridized carbons (Fsp3) is 0. The van der Waals surface area contributed by atoms with Gasteiger partial charge in [-0.15, -0.1) is 0 Å². The van der Waals surface area contributed by atoms with E-state index in [2.05, 4.69) is 48.9 Å². The van der Waals surface area contributed by atoms with Crippen molar-refractivity contribution in [2.24, 2.45) is 0 Å². The first-order chi connectivity index (χ1) is 2.00. The maximum atomic E-state index is 3.34. The fourth-order valence-corrected chi connectivity index (χ4v) is 0. The first kappa shape index (κ1) is 12.4. The molecule has 0 nitrogen and oxygen atoms in total. The molecule has 6 heavy (non-hydrogen) atoms. The predicted octanol–water partition coefficient (Wildman–Crippen LogP) is 3.38. The summed E-state index contributed by atoms with van der Waals surface area (Å²) in [5.74, 6) is 0. The summed E-state index contributed by atoms with van der Waals surface area (Å²) in [6.07, 6.45) is 0. The quantitative estimate of drug-likeness (QED) is 0.477. The molecule has 0 heterocycles. The zero-order chi connectivity index (χ0) is 4.50. The molecule has 0 saturated heterocycles. The van der Waals surface area contributed by atoms with Crippen LogP contribution in [0.4, 0.5) is 0 Å². The van der Waals surface area contributed by atoms with E-state index in [9.17, 15) is 0 Å². The van der Waals surface area contributed by atoms with E-state index in [0.717, 1.165) is 0 Å². The molecule has 0 fully saturated rings. The second-order valence-electron chi connectivity index (χ2n) is 0.429. The molecular formula is Br4Zr2. The average Bonchev–Trinajstić information content (AvgIpc) is 0.722. The topological polar surface area (TPSA) is 0 Å². The van der Waals surface area contributed by atoms with E-state index in [1.165, 1.54) is 0 Å². The summed E-state index contributed by atoms with van der Waals surface area (Å²) in [5, 5.41) is 0. The van der Waals surface area contributed by atoms with Crippen molar-refractivity contribution >= 4 is 48.9 Å². The van der Waals surface area contributed by atoms with Crippen molar-refractivity contribution in [1.29, 1.82) is 0 Å². The van der Waals surface area contributed by atoms with Crippen molar-refractivity contribution in [2.75, 3.05) is 0 Å². The molecule has 0 unspecified atom stereocenters. The van der Waals surface area contributed by atoms with Crippen molar-refractivity contribution in [2.45, 2.75) is 0 Å². The van der Waals surface area contributed by atoms with Crippen LogP contribution in [0.1, 0.15) is 0 Å². The molecule has 0 rings (SSSR count). The minimum absolute atomic E-state index is 0. The van der Waals surface area contributed by atoms with Crippen LogP contribution in [0.25, 0.3) is 0 Å². The first-order valence-electron chi connectivity index (χ1n) is 0.756. The Kier molecular flexibility index (Phi) is 11.3. The SMILES string of the molecule is [Br][Zr]([Br])([Br])[Br].[Zr]. The minimum atomic E-state index is -1.93. The second kappa shape index (κ2) is 5.47. The number of hydrogen-bond donors (Lipinski definition) is 0. The van der Waals surface area contributed by atoms with Crippen LogP contribution in [0.2, 0.25) is 0 Å². The maximum absolute atomic E-state index is 3.34. The van der Waals surface area contributed by atoms with Gasteiger partial charge in [-0.05, 0) is 0 Å². The molecule has 0 aromatic carbocycles. The van der Waals surface area contributed by atoms with Gasteiger partial charge in [0, 0.05) is 26.2 Å². The van der Waals surface area contributed by atoms with Crippen LogP contribution in [-0.4, -0.2) is 0 Å². The molecule has 0 aliphatic rings. The van der Waals surface area contributed by atoms with Crippen LogP contribution < -0.4 is 0 Å². The van der Waals surface area contributed by atoms with Crippen molar-refractivity contribution in [3.05, 3.63) is 0 Å². The molecule has 0 N–H and O–H groups in total. The molecule has 0 radical (unpaired) electrons. The number of hydrogen-bond acceptors (Lipinski definition) is 0. The summed E-state index contributed by atoms with van der Waals surface area (Å²) in [5.41, 5.74) is 0. The monoisotopic (exact) mass is 495 g/mol. The molecule has 0 bridgehead atoms. The summed E-state index contributed by atoms with van der Waals surface area (Å²) in [7, 11) is -1.93. The van der Waals surface area contributed by atoms with E-state index in [4.69, 9.17) is 0 Å². The van der Waals surface area contributed by atoms with Crippen molar-refractivity contribution < 1.29 is 37.1 Å². The molecule has 0 saturated carbocycles. The van der Waals surface area contributed by atoms with E-state index >= 15 is 0 Å². The Morgan fingerprint density at radius 2 is 0.833 bits per heavy atom. The Balaban J connectivity index is 0. The van der Waals surface area contributed by atoms with Gasteiger partial charge in [0.25, 0.3) is 0 Å². The van der Waals surface area contributed by atoms with Gasteiger partial charge in [0.1, 0.15) is 0 Å². The normalized spacial score (nSPS) is 10.0. The summed E-state index contributed by atoms with van der Waals surface area (Å²) in [4.78, 5) is 0. The van der Waals surface area contributed by atoms with Crippen LogP contribution in [0.5, 0.6) is 0 Å². The minimum Gasteiger partial charge on any atom is 0 e. The Morgan fingerprint density at radius 1 is 0.833 bits per heavy atom. The van der Waals surface area contributed by atoms with Crippen LogP contribution >= 0.6 is 48.9 Å². The summed E-state index contributed by atoms with van der Waals surface area (Å²) < 4.78 is 0. The standard InChI is InChI=1S/4BrH.2Zr/h4*1H;;/q;;;;;+4/p-4. The summed E-state index contributed by atoms with van der Waals surface area (Å²) in [6, 6.07) is 0. The third-order valence-corrected chi connectivity index (χ3v) is 0. The Hall–Kier alpha value is 3.69. The molecule has 6 heteroatoms. The fourth-order valence-electron chi connectivity index (χ4n) is 0.